The van der Waals surface area contributed by atoms with Crippen molar-refractivity contribution in [3.63, 3.8) is 0 Å². The lowest BCUT2D eigenvalue weighted by Crippen LogP contribution is -1.90. The van der Waals surface area contributed by atoms with E-state index < -0.39 is 10.4 Å². The fourth-order valence-electron chi connectivity index (χ4n) is 0. The topological polar surface area (TPSA) is 165 Å². The minimum absolute atomic E-state index is 0. The Balaban J connectivity index is -0.0000000457. The monoisotopic (exact) mass is 206 g/mol. The van der Waals surface area contributed by atoms with Crippen molar-refractivity contribution >= 4 is 10.4 Å². The minimum Gasteiger partial charge on any atom is -0.396 e. The summed E-state index contributed by atoms with van der Waals surface area (Å²) in [5.41, 5.74) is 0. The van der Waals surface area contributed by atoms with Gasteiger partial charge < -0.3 is 17.4 Å². The highest BCUT2D eigenvalue weighted by molar-refractivity contribution is 7.79. The normalized spacial score (nSPS) is 8.83. The summed E-state index contributed by atoms with van der Waals surface area (Å²) in [6.07, 6.45) is 0. The Morgan fingerprint density at radius 1 is 1.17 bits per heavy atom. The lowest BCUT2D eigenvalue weighted by Gasteiger charge is -1.90. The Morgan fingerprint density at radius 2 is 1.25 bits per heavy atom. The predicted octanol–water partition coefficient (Wildman–Crippen LogP) is 0.306. The molecule has 0 saturated carbocycles. The lowest BCUT2D eigenvalue weighted by atomic mass is 10.2. The SMILES string of the molecule is CC(C)CO.N.N.O=S(=O)(O)O. The largest absolute Gasteiger partial charge is 0.396 e. The number of hydrogen-bond donors (Lipinski definition) is 5. The second kappa shape index (κ2) is 10.8. The van der Waals surface area contributed by atoms with Gasteiger partial charge in [-0.25, -0.2) is 0 Å². The van der Waals surface area contributed by atoms with Gasteiger partial charge in [0.1, 0.15) is 0 Å². The van der Waals surface area contributed by atoms with Gasteiger partial charge in [-0.1, -0.05) is 13.8 Å². The summed E-state index contributed by atoms with van der Waals surface area (Å²) in [4.78, 5) is 0. The molecule has 0 radical (unpaired) electrons. The Kier molecular flexibility index (Phi) is 20.3. The van der Waals surface area contributed by atoms with Crippen LogP contribution >= 0.6 is 0 Å². The molecule has 0 aliphatic carbocycles. The zero-order valence-corrected chi connectivity index (χ0v) is 8.08. The van der Waals surface area contributed by atoms with Gasteiger partial charge in [0.25, 0.3) is 0 Å². The average molecular weight is 206 g/mol. The van der Waals surface area contributed by atoms with Crippen molar-refractivity contribution < 1.29 is 22.6 Å². The van der Waals surface area contributed by atoms with Gasteiger partial charge in [-0.15, -0.1) is 0 Å². The van der Waals surface area contributed by atoms with Crippen LogP contribution in [0.15, 0.2) is 0 Å². The van der Waals surface area contributed by atoms with Crippen LogP contribution < -0.4 is 12.3 Å². The molecule has 0 atom stereocenters. The van der Waals surface area contributed by atoms with E-state index in [0.717, 1.165) is 0 Å². The summed E-state index contributed by atoms with van der Waals surface area (Å²) < 4.78 is 31.6. The molecule has 0 aliphatic heterocycles. The molecule has 0 aromatic heterocycles. The fourth-order valence-corrected chi connectivity index (χ4v) is 0. The molecule has 9 N–H and O–H groups in total. The second-order valence-electron chi connectivity index (χ2n) is 2.02. The summed E-state index contributed by atoms with van der Waals surface area (Å²) in [6.45, 7) is 4.25. The molecule has 0 aromatic carbocycles. The zero-order chi connectivity index (χ0) is 8.78. The highest BCUT2D eigenvalue weighted by Gasteiger charge is 1.84. The second-order valence-corrected chi connectivity index (χ2v) is 2.92. The third-order valence-electron chi connectivity index (χ3n) is 0.365. The van der Waals surface area contributed by atoms with Crippen molar-refractivity contribution in [3.8, 4) is 0 Å². The van der Waals surface area contributed by atoms with Gasteiger partial charge in [-0.05, 0) is 5.92 Å². The summed E-state index contributed by atoms with van der Waals surface area (Å²) >= 11 is 0. The molecule has 0 rings (SSSR count). The van der Waals surface area contributed by atoms with Crippen LogP contribution in [-0.4, -0.2) is 29.2 Å². The number of rotatable bonds is 1. The molecule has 12 heavy (non-hydrogen) atoms. The van der Waals surface area contributed by atoms with Crippen molar-refractivity contribution in [3.05, 3.63) is 0 Å². The van der Waals surface area contributed by atoms with E-state index in [9.17, 15) is 0 Å². The first-order chi connectivity index (χ1) is 4.27. The third kappa shape index (κ3) is 244. The van der Waals surface area contributed by atoms with Crippen LogP contribution in [0.5, 0.6) is 0 Å². The molecule has 8 heteroatoms. The fraction of sp³-hybridized carbons (Fsp3) is 1.00. The first-order valence-corrected chi connectivity index (χ1v) is 3.97. The maximum Gasteiger partial charge on any atom is 0.394 e. The molecule has 80 valence electrons. The van der Waals surface area contributed by atoms with E-state index in [0.29, 0.717) is 12.5 Å². The van der Waals surface area contributed by atoms with E-state index in [2.05, 4.69) is 0 Å². The molecular formula is C4H18N2O5S. The van der Waals surface area contributed by atoms with Crippen LogP contribution in [0.25, 0.3) is 0 Å². The van der Waals surface area contributed by atoms with Gasteiger partial charge in [0.2, 0.25) is 0 Å². The molecule has 0 heterocycles. The van der Waals surface area contributed by atoms with Gasteiger partial charge in [-0.2, -0.15) is 8.42 Å². The molecule has 0 spiro atoms. The molecule has 0 aliphatic rings. The van der Waals surface area contributed by atoms with Crippen LogP contribution in [0.3, 0.4) is 0 Å². The smallest absolute Gasteiger partial charge is 0.394 e. The molecule has 0 aromatic rings. The summed E-state index contributed by atoms with van der Waals surface area (Å²) in [5.74, 6) is 0.440. The Bertz CT molecular complexity index is 147. The van der Waals surface area contributed by atoms with Crippen molar-refractivity contribution in [1.82, 2.24) is 12.3 Å². The molecule has 0 unspecified atom stereocenters. The van der Waals surface area contributed by atoms with E-state index >= 15 is 0 Å². The molecule has 0 bridgehead atoms. The number of hydrogen-bond acceptors (Lipinski definition) is 5. The first kappa shape index (κ1) is 22.6. The van der Waals surface area contributed by atoms with Crippen LogP contribution in [0.2, 0.25) is 0 Å². The number of aliphatic hydroxyl groups is 1. The molecular weight excluding hydrogens is 188 g/mol. The lowest BCUT2D eigenvalue weighted by molar-refractivity contribution is 0.248. The van der Waals surface area contributed by atoms with Crippen LogP contribution in [0, 0.1) is 5.92 Å². The van der Waals surface area contributed by atoms with Crippen molar-refractivity contribution in [1.29, 1.82) is 0 Å². The molecule has 0 fully saturated rings. The van der Waals surface area contributed by atoms with E-state index in [-0.39, 0.29) is 12.3 Å². The van der Waals surface area contributed by atoms with E-state index in [1.54, 1.807) is 0 Å². The van der Waals surface area contributed by atoms with Crippen LogP contribution in [0.1, 0.15) is 13.8 Å². The standard InChI is InChI=1S/C4H10O.2H3N.H2O4S/c1-4(2)3-5;;;1-5(2,3)4/h4-5H,3H2,1-2H3;2*1H3;(H2,1,2,3,4). The van der Waals surface area contributed by atoms with E-state index in [1.165, 1.54) is 0 Å². The van der Waals surface area contributed by atoms with Crippen LogP contribution in [-0.2, 0) is 10.4 Å². The highest BCUT2D eigenvalue weighted by Crippen LogP contribution is 1.83. The predicted molar refractivity (Wildman–Crippen MR) is 46.1 cm³/mol. The van der Waals surface area contributed by atoms with Crippen LogP contribution in [0.4, 0.5) is 0 Å². The Labute approximate surface area is 72.5 Å². The van der Waals surface area contributed by atoms with Crippen molar-refractivity contribution in [2.45, 2.75) is 13.8 Å². The molecule has 7 nitrogen and oxygen atoms in total. The van der Waals surface area contributed by atoms with Gasteiger partial charge in [0.15, 0.2) is 0 Å². The average Bonchev–Trinajstić information content (AvgIpc) is 1.61. The van der Waals surface area contributed by atoms with Gasteiger partial charge in [0, 0.05) is 6.61 Å². The summed E-state index contributed by atoms with van der Waals surface area (Å²) in [5, 5.41) is 8.14. The summed E-state index contributed by atoms with van der Waals surface area (Å²) in [7, 11) is -4.67. The number of aliphatic hydroxyl groups excluding tert-OH is 1. The van der Waals surface area contributed by atoms with E-state index in [4.69, 9.17) is 22.6 Å². The molecule has 0 amide bonds. The third-order valence-corrected chi connectivity index (χ3v) is 0.365. The maximum absolute atomic E-state index is 8.74. The highest BCUT2D eigenvalue weighted by atomic mass is 32.3. The first-order valence-electron chi connectivity index (χ1n) is 2.58. The maximum atomic E-state index is 8.74. The zero-order valence-electron chi connectivity index (χ0n) is 7.27. The van der Waals surface area contributed by atoms with Crippen molar-refractivity contribution in [2.24, 2.45) is 5.92 Å². The van der Waals surface area contributed by atoms with Gasteiger partial charge in [-0.3, -0.25) is 9.11 Å². The minimum atomic E-state index is -4.67. The molecule has 0 saturated heterocycles. The quantitative estimate of drug-likeness (QED) is 0.385. The Morgan fingerprint density at radius 3 is 1.25 bits per heavy atom. The summed E-state index contributed by atoms with van der Waals surface area (Å²) in [6, 6.07) is 0. The Hall–Kier alpha value is -0.250. The van der Waals surface area contributed by atoms with E-state index in [1.807, 2.05) is 13.8 Å². The van der Waals surface area contributed by atoms with Gasteiger partial charge >= 0.3 is 10.4 Å². The van der Waals surface area contributed by atoms with Crippen molar-refractivity contribution in [2.75, 3.05) is 6.61 Å². The van der Waals surface area contributed by atoms with Gasteiger partial charge in [0.05, 0.1) is 0 Å².